The number of aryl methyl sites for hydroxylation is 1. The van der Waals surface area contributed by atoms with Gasteiger partial charge in [-0.2, -0.15) is 5.26 Å². The summed E-state index contributed by atoms with van der Waals surface area (Å²) < 4.78 is 5.48. The molecule has 0 radical (unpaired) electrons. The number of hydrogen-bond acceptors (Lipinski definition) is 3. The molecule has 0 heterocycles. The van der Waals surface area contributed by atoms with E-state index in [0.29, 0.717) is 17.9 Å². The largest absolute Gasteiger partial charge is 0.493 e. The van der Waals surface area contributed by atoms with E-state index in [1.54, 1.807) is 12.1 Å². The van der Waals surface area contributed by atoms with Crippen molar-refractivity contribution in [1.29, 1.82) is 5.26 Å². The molecular weight excluding hydrogens is 264 g/mol. The fourth-order valence-corrected chi connectivity index (χ4v) is 1.82. The summed E-state index contributed by atoms with van der Waals surface area (Å²) in [5.74, 6) is 0.608. The first-order valence-electron chi connectivity index (χ1n) is 6.67. The molecule has 0 aliphatic heterocycles. The summed E-state index contributed by atoms with van der Waals surface area (Å²) in [6, 6.07) is 16.6. The highest BCUT2D eigenvalue weighted by molar-refractivity contribution is 5.91. The predicted octanol–water partition coefficient (Wildman–Crippen LogP) is 3.27. The van der Waals surface area contributed by atoms with E-state index in [4.69, 9.17) is 10.00 Å². The lowest BCUT2D eigenvalue weighted by Gasteiger charge is -2.09. The number of hydrogen-bond donors (Lipinski definition) is 1. The van der Waals surface area contributed by atoms with Crippen LogP contribution >= 0.6 is 0 Å². The first kappa shape index (κ1) is 14.6. The van der Waals surface area contributed by atoms with Crippen molar-refractivity contribution in [1.82, 2.24) is 0 Å². The zero-order valence-electron chi connectivity index (χ0n) is 11.8. The molecule has 2 aromatic carbocycles. The quantitative estimate of drug-likeness (QED) is 0.914. The van der Waals surface area contributed by atoms with Gasteiger partial charge < -0.3 is 10.1 Å². The Balaban J connectivity index is 1.86. The first-order chi connectivity index (χ1) is 10.2. The van der Waals surface area contributed by atoms with E-state index < -0.39 is 0 Å². The molecule has 0 aliphatic rings. The fourth-order valence-electron chi connectivity index (χ4n) is 1.82. The number of ether oxygens (including phenoxy) is 1. The molecule has 106 valence electrons. The Kier molecular flexibility index (Phi) is 4.94. The molecule has 0 fully saturated rings. The Labute approximate surface area is 124 Å². The predicted molar refractivity (Wildman–Crippen MR) is 81.1 cm³/mol. The molecule has 21 heavy (non-hydrogen) atoms. The van der Waals surface area contributed by atoms with Gasteiger partial charge in [0.15, 0.2) is 0 Å². The highest BCUT2D eigenvalue weighted by Crippen LogP contribution is 2.16. The lowest BCUT2D eigenvalue weighted by molar-refractivity contribution is -0.116. The molecule has 0 spiro atoms. The second-order valence-corrected chi connectivity index (χ2v) is 4.60. The standard InChI is InChI=1S/C17H16N2O2/c1-13-7-8-14(12-18)11-16(13)19-17(20)9-10-21-15-5-3-2-4-6-15/h2-8,11H,9-10H2,1H3,(H,19,20). The second kappa shape index (κ2) is 7.11. The van der Waals surface area contributed by atoms with Gasteiger partial charge in [-0.05, 0) is 36.8 Å². The minimum absolute atomic E-state index is 0.135. The Morgan fingerprint density at radius 1 is 1.24 bits per heavy atom. The molecule has 0 saturated heterocycles. The van der Waals surface area contributed by atoms with Crippen molar-refractivity contribution in [3.63, 3.8) is 0 Å². The van der Waals surface area contributed by atoms with E-state index in [1.807, 2.05) is 43.3 Å². The Morgan fingerprint density at radius 3 is 2.71 bits per heavy atom. The summed E-state index contributed by atoms with van der Waals surface area (Å²) in [7, 11) is 0. The van der Waals surface area contributed by atoms with E-state index in [2.05, 4.69) is 11.4 Å². The average molecular weight is 280 g/mol. The fraction of sp³-hybridized carbons (Fsp3) is 0.176. The van der Waals surface area contributed by atoms with Gasteiger partial charge in [-0.15, -0.1) is 0 Å². The van der Waals surface area contributed by atoms with Crippen LogP contribution in [0.2, 0.25) is 0 Å². The molecule has 0 saturated carbocycles. The molecule has 2 rings (SSSR count). The third-order valence-electron chi connectivity index (χ3n) is 2.98. The van der Waals surface area contributed by atoms with Crippen molar-refractivity contribution < 1.29 is 9.53 Å². The van der Waals surface area contributed by atoms with E-state index in [1.165, 1.54) is 0 Å². The van der Waals surface area contributed by atoms with Crippen LogP contribution in [-0.4, -0.2) is 12.5 Å². The number of carbonyl (C=O) groups excluding carboxylic acids is 1. The van der Waals surface area contributed by atoms with Crippen LogP contribution in [0.4, 0.5) is 5.69 Å². The highest BCUT2D eigenvalue weighted by Gasteiger charge is 2.06. The van der Waals surface area contributed by atoms with Crippen LogP contribution in [-0.2, 0) is 4.79 Å². The van der Waals surface area contributed by atoms with Crippen molar-refractivity contribution in [3.05, 3.63) is 59.7 Å². The van der Waals surface area contributed by atoms with Crippen LogP contribution < -0.4 is 10.1 Å². The summed E-state index contributed by atoms with van der Waals surface area (Å²) in [6.07, 6.45) is 0.255. The molecule has 4 nitrogen and oxygen atoms in total. The number of nitrogens with one attached hydrogen (secondary N) is 1. The number of amides is 1. The van der Waals surface area contributed by atoms with E-state index in [-0.39, 0.29) is 12.3 Å². The molecule has 4 heteroatoms. The van der Waals surface area contributed by atoms with Crippen LogP contribution in [0.5, 0.6) is 5.75 Å². The molecule has 1 N–H and O–H groups in total. The summed E-state index contributed by atoms with van der Waals surface area (Å²) >= 11 is 0. The van der Waals surface area contributed by atoms with Gasteiger partial charge in [0.05, 0.1) is 24.7 Å². The van der Waals surface area contributed by atoms with Gasteiger partial charge in [0, 0.05) is 5.69 Å². The minimum atomic E-state index is -0.135. The first-order valence-corrected chi connectivity index (χ1v) is 6.67. The van der Waals surface area contributed by atoms with Gasteiger partial charge in [0.1, 0.15) is 5.75 Å². The zero-order valence-corrected chi connectivity index (χ0v) is 11.8. The Bertz CT molecular complexity index is 660. The Hall–Kier alpha value is -2.80. The number of rotatable bonds is 5. The number of carbonyl (C=O) groups is 1. The average Bonchev–Trinajstić information content (AvgIpc) is 2.50. The highest BCUT2D eigenvalue weighted by atomic mass is 16.5. The van der Waals surface area contributed by atoms with Gasteiger partial charge >= 0.3 is 0 Å². The molecule has 2 aromatic rings. The molecule has 0 aromatic heterocycles. The van der Waals surface area contributed by atoms with Gasteiger partial charge in [-0.1, -0.05) is 24.3 Å². The molecule has 1 amide bonds. The summed E-state index contributed by atoms with van der Waals surface area (Å²) in [4.78, 5) is 11.9. The van der Waals surface area contributed by atoms with Crippen molar-refractivity contribution in [2.75, 3.05) is 11.9 Å². The lowest BCUT2D eigenvalue weighted by atomic mass is 10.1. The van der Waals surface area contributed by atoms with Gasteiger partial charge in [0.25, 0.3) is 0 Å². The number of nitrogens with zero attached hydrogens (tertiary/aromatic N) is 1. The summed E-state index contributed by atoms with van der Waals surface area (Å²) in [5, 5.41) is 11.7. The van der Waals surface area contributed by atoms with Gasteiger partial charge in [0.2, 0.25) is 5.91 Å². The molecule has 0 bridgehead atoms. The second-order valence-electron chi connectivity index (χ2n) is 4.60. The number of anilines is 1. The molecule has 0 aliphatic carbocycles. The maximum Gasteiger partial charge on any atom is 0.227 e. The summed E-state index contributed by atoms with van der Waals surface area (Å²) in [5.41, 5.74) is 2.11. The van der Waals surface area contributed by atoms with E-state index in [9.17, 15) is 4.79 Å². The number of nitriles is 1. The van der Waals surface area contributed by atoms with Crippen LogP contribution in [0.3, 0.4) is 0 Å². The topological polar surface area (TPSA) is 62.1 Å². The van der Waals surface area contributed by atoms with E-state index in [0.717, 1.165) is 11.3 Å². The molecule has 0 atom stereocenters. The van der Waals surface area contributed by atoms with Gasteiger partial charge in [-0.25, -0.2) is 0 Å². The summed E-state index contributed by atoms with van der Waals surface area (Å²) in [6.45, 7) is 2.20. The molecular formula is C17H16N2O2. The van der Waals surface area contributed by atoms with Crippen LogP contribution in [0, 0.1) is 18.3 Å². The van der Waals surface area contributed by atoms with Crippen LogP contribution in [0.1, 0.15) is 17.5 Å². The maximum absolute atomic E-state index is 11.9. The molecule has 0 unspecified atom stereocenters. The van der Waals surface area contributed by atoms with Crippen LogP contribution in [0.15, 0.2) is 48.5 Å². The lowest BCUT2D eigenvalue weighted by Crippen LogP contribution is -2.16. The van der Waals surface area contributed by atoms with Crippen LogP contribution in [0.25, 0.3) is 0 Å². The van der Waals surface area contributed by atoms with Crippen molar-refractivity contribution in [2.45, 2.75) is 13.3 Å². The van der Waals surface area contributed by atoms with Crippen molar-refractivity contribution in [2.24, 2.45) is 0 Å². The third kappa shape index (κ3) is 4.36. The number of benzene rings is 2. The minimum Gasteiger partial charge on any atom is -0.493 e. The zero-order chi connectivity index (χ0) is 15.1. The monoisotopic (exact) mass is 280 g/mol. The van der Waals surface area contributed by atoms with E-state index >= 15 is 0 Å². The number of para-hydroxylation sites is 1. The van der Waals surface area contributed by atoms with Gasteiger partial charge in [-0.3, -0.25) is 4.79 Å². The smallest absolute Gasteiger partial charge is 0.227 e. The maximum atomic E-state index is 11.9. The van der Waals surface area contributed by atoms with Crippen molar-refractivity contribution >= 4 is 11.6 Å². The SMILES string of the molecule is Cc1ccc(C#N)cc1NC(=O)CCOc1ccccc1. The normalized spacial score (nSPS) is 9.71. The Morgan fingerprint density at radius 2 is 2.00 bits per heavy atom. The van der Waals surface area contributed by atoms with Crippen molar-refractivity contribution in [3.8, 4) is 11.8 Å². The third-order valence-corrected chi connectivity index (χ3v) is 2.98.